The Hall–Kier alpha value is -2.91. The number of morpholine rings is 1. The predicted octanol–water partition coefficient (Wildman–Crippen LogP) is 1.84. The molecule has 0 atom stereocenters. The number of benzene rings is 1. The number of likely N-dealkylation sites (N-methyl/N-ethyl adjacent to an activating group) is 1. The normalized spacial score (nSPS) is 14.4. The second-order valence-electron chi connectivity index (χ2n) is 6.72. The van der Waals surface area contributed by atoms with Crippen LogP contribution in [-0.4, -0.2) is 84.6 Å². The monoisotopic (exact) mass is 401 g/mol. The first-order valence-electron chi connectivity index (χ1n) is 9.72. The van der Waals surface area contributed by atoms with Crippen LogP contribution in [-0.2, 0) is 9.47 Å². The first-order valence-corrected chi connectivity index (χ1v) is 9.72. The molecule has 0 spiro atoms. The van der Waals surface area contributed by atoms with Gasteiger partial charge < -0.3 is 19.7 Å². The smallest absolute Gasteiger partial charge is 0.358 e. The van der Waals surface area contributed by atoms with Crippen molar-refractivity contribution in [1.82, 2.24) is 19.6 Å². The third kappa shape index (κ3) is 5.78. The summed E-state index contributed by atoms with van der Waals surface area (Å²) in [5.74, 6) is -0.461. The van der Waals surface area contributed by atoms with Crippen molar-refractivity contribution in [2.75, 3.05) is 58.4 Å². The van der Waals surface area contributed by atoms with Crippen LogP contribution >= 0.6 is 0 Å². The van der Waals surface area contributed by atoms with Crippen molar-refractivity contribution in [1.29, 1.82) is 0 Å². The Morgan fingerprint density at radius 1 is 1.28 bits per heavy atom. The molecular weight excluding hydrogens is 374 g/mol. The van der Waals surface area contributed by atoms with Crippen LogP contribution in [0.3, 0.4) is 0 Å². The van der Waals surface area contributed by atoms with Gasteiger partial charge in [0.25, 0.3) is 0 Å². The van der Waals surface area contributed by atoms with Gasteiger partial charge in [-0.2, -0.15) is 5.10 Å². The van der Waals surface area contributed by atoms with Crippen molar-refractivity contribution in [2.24, 2.45) is 0 Å². The molecule has 1 saturated heterocycles. The van der Waals surface area contributed by atoms with Crippen LogP contribution in [0.1, 0.15) is 17.4 Å². The molecule has 29 heavy (non-hydrogen) atoms. The lowest BCUT2D eigenvalue weighted by Crippen LogP contribution is -2.42. The van der Waals surface area contributed by atoms with E-state index in [0.717, 1.165) is 38.5 Å². The molecule has 1 aromatic carbocycles. The lowest BCUT2D eigenvalue weighted by atomic mass is 10.3. The predicted molar refractivity (Wildman–Crippen MR) is 108 cm³/mol. The van der Waals surface area contributed by atoms with E-state index >= 15 is 0 Å². The van der Waals surface area contributed by atoms with Crippen LogP contribution in [0, 0.1) is 0 Å². The topological polar surface area (TPSA) is 88.9 Å². The summed E-state index contributed by atoms with van der Waals surface area (Å²) in [6.07, 6.45) is 1.68. The molecule has 0 saturated carbocycles. The third-order valence-electron chi connectivity index (χ3n) is 4.64. The lowest BCUT2D eigenvalue weighted by Gasteiger charge is -2.28. The zero-order valence-electron chi connectivity index (χ0n) is 16.8. The van der Waals surface area contributed by atoms with Crippen LogP contribution in [0.15, 0.2) is 36.5 Å². The van der Waals surface area contributed by atoms with Gasteiger partial charge in [0.15, 0.2) is 5.69 Å². The molecular formula is C20H27N5O4. The van der Waals surface area contributed by atoms with Gasteiger partial charge in [0.1, 0.15) is 0 Å². The van der Waals surface area contributed by atoms with E-state index in [1.54, 1.807) is 41.9 Å². The molecule has 156 valence electrons. The average molecular weight is 401 g/mol. The van der Waals surface area contributed by atoms with Gasteiger partial charge in [0, 0.05) is 45.1 Å². The van der Waals surface area contributed by atoms with E-state index in [9.17, 15) is 9.59 Å². The summed E-state index contributed by atoms with van der Waals surface area (Å²) in [6, 6.07) is 8.71. The van der Waals surface area contributed by atoms with Gasteiger partial charge in [-0.3, -0.25) is 4.90 Å². The molecule has 9 heteroatoms. The molecule has 2 aromatic rings. The highest BCUT2D eigenvalue weighted by Gasteiger charge is 2.15. The largest absolute Gasteiger partial charge is 0.461 e. The standard InChI is InChI=1S/C20H27N5O4/c1-3-29-19(26)18-7-8-25(22-18)17-6-4-5-16(15-17)21-20(27)23(2)9-10-24-11-13-28-14-12-24/h4-8,15H,3,9-14H2,1-2H3,(H,21,27). The van der Waals surface area contributed by atoms with Crippen LogP contribution in [0.4, 0.5) is 10.5 Å². The highest BCUT2D eigenvalue weighted by Crippen LogP contribution is 2.15. The minimum absolute atomic E-state index is 0.178. The van der Waals surface area contributed by atoms with E-state index in [2.05, 4.69) is 15.3 Å². The number of hydrogen-bond acceptors (Lipinski definition) is 6. The quantitative estimate of drug-likeness (QED) is 0.713. The molecule has 3 rings (SSSR count). The van der Waals surface area contributed by atoms with Crippen LogP contribution < -0.4 is 5.32 Å². The number of carbonyl (C=O) groups excluding carboxylic acids is 2. The molecule has 2 amide bonds. The van der Waals surface area contributed by atoms with Gasteiger partial charge in [0.05, 0.1) is 25.5 Å². The highest BCUT2D eigenvalue weighted by molar-refractivity contribution is 5.89. The SMILES string of the molecule is CCOC(=O)c1ccn(-c2cccc(NC(=O)N(C)CCN3CCOCC3)c2)n1. The second-order valence-corrected chi connectivity index (χ2v) is 6.72. The average Bonchev–Trinajstić information content (AvgIpc) is 3.23. The second kappa shape index (κ2) is 10.0. The number of rotatable bonds is 7. The fraction of sp³-hybridized carbons (Fsp3) is 0.450. The van der Waals surface area contributed by atoms with Gasteiger partial charge in [-0.05, 0) is 31.2 Å². The molecule has 0 radical (unpaired) electrons. The van der Waals surface area contributed by atoms with E-state index in [1.165, 1.54) is 0 Å². The zero-order valence-corrected chi connectivity index (χ0v) is 16.8. The maximum Gasteiger partial charge on any atom is 0.358 e. The Morgan fingerprint density at radius 2 is 2.07 bits per heavy atom. The first-order chi connectivity index (χ1) is 14.1. The molecule has 1 N–H and O–H groups in total. The molecule has 1 fully saturated rings. The van der Waals surface area contributed by atoms with Gasteiger partial charge in [0.2, 0.25) is 0 Å². The number of aromatic nitrogens is 2. The maximum absolute atomic E-state index is 12.5. The van der Waals surface area contributed by atoms with Crippen molar-refractivity contribution in [2.45, 2.75) is 6.92 Å². The maximum atomic E-state index is 12.5. The van der Waals surface area contributed by atoms with Gasteiger partial charge in [-0.15, -0.1) is 0 Å². The summed E-state index contributed by atoms with van der Waals surface area (Å²) < 4.78 is 11.9. The summed E-state index contributed by atoms with van der Waals surface area (Å²) >= 11 is 0. The number of anilines is 1. The Kier molecular flexibility index (Phi) is 7.20. The number of urea groups is 1. The summed E-state index contributed by atoms with van der Waals surface area (Å²) in [5, 5.41) is 7.14. The molecule has 0 unspecified atom stereocenters. The number of nitrogens with one attached hydrogen (secondary N) is 1. The highest BCUT2D eigenvalue weighted by atomic mass is 16.5. The Bertz CT molecular complexity index is 832. The van der Waals surface area contributed by atoms with Crippen molar-refractivity contribution >= 4 is 17.7 Å². The first kappa shape index (κ1) is 20.8. The summed E-state index contributed by atoms with van der Waals surface area (Å²) in [4.78, 5) is 28.2. The minimum Gasteiger partial charge on any atom is -0.461 e. The summed E-state index contributed by atoms with van der Waals surface area (Å²) in [6.45, 7) is 6.78. The van der Waals surface area contributed by atoms with Crippen LogP contribution in [0.25, 0.3) is 5.69 Å². The molecule has 9 nitrogen and oxygen atoms in total. The van der Waals surface area contributed by atoms with E-state index in [4.69, 9.17) is 9.47 Å². The van der Waals surface area contributed by atoms with Gasteiger partial charge in [-0.25, -0.2) is 14.3 Å². The Morgan fingerprint density at radius 3 is 2.83 bits per heavy atom. The minimum atomic E-state index is -0.461. The number of ether oxygens (including phenoxy) is 2. The fourth-order valence-corrected chi connectivity index (χ4v) is 2.94. The third-order valence-corrected chi connectivity index (χ3v) is 4.64. The van der Waals surface area contributed by atoms with Crippen molar-refractivity contribution in [3.8, 4) is 5.69 Å². The van der Waals surface area contributed by atoms with E-state index in [1.807, 2.05) is 18.2 Å². The number of esters is 1. The molecule has 1 aliphatic heterocycles. The van der Waals surface area contributed by atoms with Gasteiger partial charge in [-0.1, -0.05) is 6.07 Å². The summed E-state index contributed by atoms with van der Waals surface area (Å²) in [7, 11) is 1.78. The molecule has 1 aromatic heterocycles. The van der Waals surface area contributed by atoms with Gasteiger partial charge >= 0.3 is 12.0 Å². The van der Waals surface area contributed by atoms with E-state index in [0.29, 0.717) is 18.8 Å². The Labute approximate surface area is 170 Å². The molecule has 0 bridgehead atoms. The van der Waals surface area contributed by atoms with Crippen molar-refractivity contribution in [3.05, 3.63) is 42.2 Å². The number of carbonyl (C=O) groups is 2. The fourth-order valence-electron chi connectivity index (χ4n) is 2.94. The Balaban J connectivity index is 1.57. The molecule has 1 aliphatic rings. The number of nitrogens with zero attached hydrogens (tertiary/aromatic N) is 4. The number of hydrogen-bond donors (Lipinski definition) is 1. The van der Waals surface area contributed by atoms with E-state index in [-0.39, 0.29) is 11.7 Å². The van der Waals surface area contributed by atoms with Crippen molar-refractivity contribution < 1.29 is 19.1 Å². The number of amides is 2. The van der Waals surface area contributed by atoms with Crippen LogP contribution in [0.2, 0.25) is 0 Å². The molecule has 0 aliphatic carbocycles. The van der Waals surface area contributed by atoms with Crippen LogP contribution in [0.5, 0.6) is 0 Å². The summed E-state index contributed by atoms with van der Waals surface area (Å²) in [5.41, 5.74) is 1.62. The lowest BCUT2D eigenvalue weighted by molar-refractivity contribution is 0.0359. The van der Waals surface area contributed by atoms with E-state index < -0.39 is 5.97 Å². The molecule has 2 heterocycles. The zero-order chi connectivity index (χ0) is 20.6. The van der Waals surface area contributed by atoms with Crippen molar-refractivity contribution in [3.63, 3.8) is 0 Å².